The van der Waals surface area contributed by atoms with E-state index in [0.29, 0.717) is 17.4 Å². The molecule has 0 aliphatic heterocycles. The Morgan fingerprint density at radius 3 is 2.39 bits per heavy atom. The minimum atomic E-state index is -0.998. The Hall–Kier alpha value is -2.08. The van der Waals surface area contributed by atoms with Gasteiger partial charge in [-0.15, -0.1) is 0 Å². The van der Waals surface area contributed by atoms with Crippen molar-refractivity contribution in [1.82, 2.24) is 0 Å². The largest absolute Gasteiger partial charge is 0.543 e. The summed E-state index contributed by atoms with van der Waals surface area (Å²) in [7, 11) is 0. The lowest BCUT2D eigenvalue weighted by molar-refractivity contribution is -0.453. The molecule has 0 aromatic heterocycles. The molecule has 3 unspecified atom stereocenters. The van der Waals surface area contributed by atoms with Gasteiger partial charge in [-0.3, -0.25) is 4.89 Å². The van der Waals surface area contributed by atoms with E-state index in [1.807, 2.05) is 12.1 Å². The molecule has 0 amide bonds. The highest BCUT2D eigenvalue weighted by Crippen LogP contribution is 2.31. The number of carbonyl (C=O) groups excluding carboxylic acids is 2. The third kappa shape index (κ3) is 7.50. The molecule has 1 aromatic carbocycles. The van der Waals surface area contributed by atoms with E-state index >= 15 is 0 Å². The van der Waals surface area contributed by atoms with Crippen molar-refractivity contribution in [2.45, 2.75) is 78.2 Å². The van der Waals surface area contributed by atoms with Gasteiger partial charge in [0.05, 0.1) is 10.6 Å². The molecule has 1 fully saturated rings. The Morgan fingerprint density at radius 2 is 1.71 bits per heavy atom. The summed E-state index contributed by atoms with van der Waals surface area (Å²) in [4.78, 5) is 32.5. The molecule has 156 valence electrons. The topological polar surface area (TPSA) is 71.1 Å². The van der Waals surface area contributed by atoms with E-state index in [0.717, 1.165) is 32.1 Å². The van der Waals surface area contributed by atoms with Gasteiger partial charge < -0.3 is 4.74 Å². The second-order valence-corrected chi connectivity index (χ2v) is 7.79. The first-order valence-electron chi connectivity index (χ1n) is 10.3. The first-order valence-corrected chi connectivity index (χ1v) is 10.3. The molecule has 3 atom stereocenters. The second kappa shape index (κ2) is 11.7. The fourth-order valence-electron chi connectivity index (χ4n) is 3.45. The van der Waals surface area contributed by atoms with Crippen LogP contribution in [0.2, 0.25) is 0 Å². The van der Waals surface area contributed by atoms with Crippen LogP contribution in [0.25, 0.3) is 0 Å². The van der Waals surface area contributed by atoms with Crippen molar-refractivity contribution in [1.29, 1.82) is 0 Å². The average molecular weight is 392 g/mol. The van der Waals surface area contributed by atoms with Gasteiger partial charge in [0.2, 0.25) is 0 Å². The Kier molecular flexibility index (Phi) is 9.28. The normalized spacial score (nSPS) is 21.8. The molecule has 0 bridgehead atoms. The molecule has 1 aromatic rings. The fourth-order valence-corrected chi connectivity index (χ4v) is 3.45. The molecule has 6 nitrogen and oxygen atoms in total. The Labute approximate surface area is 167 Å². The highest BCUT2D eigenvalue weighted by atomic mass is 17.5. The lowest BCUT2D eigenvalue weighted by Crippen LogP contribution is -2.29. The standard InChI is InChI=1S/C22H32O6/c1-4-5-6-7-8-18-10-12-19(13-11-18)21(23)26-28-27-22(24)25-20-14-9-16(2)17(3)15-20/h10-13,16-17,20H,4-9,14-15H2,1-3H3. The summed E-state index contributed by atoms with van der Waals surface area (Å²) in [5, 5.41) is 4.30. The molecule has 1 aliphatic rings. The van der Waals surface area contributed by atoms with Gasteiger partial charge in [0.15, 0.2) is 0 Å². The molecule has 0 heterocycles. The fraction of sp³-hybridized carbons (Fsp3) is 0.636. The quantitative estimate of drug-likeness (QED) is 0.229. The zero-order chi connectivity index (χ0) is 20.4. The number of aryl methyl sites for hydroxylation is 1. The van der Waals surface area contributed by atoms with E-state index in [4.69, 9.17) is 4.74 Å². The molecule has 1 aliphatic carbocycles. The average Bonchev–Trinajstić information content (AvgIpc) is 2.68. The molecule has 2 rings (SSSR count). The van der Waals surface area contributed by atoms with Crippen LogP contribution in [0.1, 0.15) is 81.6 Å². The van der Waals surface area contributed by atoms with Crippen LogP contribution >= 0.6 is 0 Å². The summed E-state index contributed by atoms with van der Waals surface area (Å²) in [5.74, 6) is 0.376. The van der Waals surface area contributed by atoms with Gasteiger partial charge in [-0.2, -0.15) is 0 Å². The number of ether oxygens (including phenoxy) is 1. The number of benzene rings is 1. The van der Waals surface area contributed by atoms with E-state index in [-0.39, 0.29) is 6.10 Å². The van der Waals surface area contributed by atoms with Crippen LogP contribution in [-0.4, -0.2) is 18.2 Å². The molecule has 1 saturated carbocycles. The Balaban J connectivity index is 1.65. The van der Waals surface area contributed by atoms with Gasteiger partial charge in [-0.25, -0.2) is 14.5 Å². The van der Waals surface area contributed by atoms with Gasteiger partial charge in [0.25, 0.3) is 0 Å². The molecule has 0 saturated heterocycles. The minimum absolute atomic E-state index is 0.192. The van der Waals surface area contributed by atoms with Crippen molar-refractivity contribution >= 4 is 12.1 Å². The molecule has 28 heavy (non-hydrogen) atoms. The molecule has 0 radical (unpaired) electrons. The number of unbranched alkanes of at least 4 members (excludes halogenated alkanes) is 3. The van der Waals surface area contributed by atoms with Crippen LogP contribution < -0.4 is 0 Å². The van der Waals surface area contributed by atoms with E-state index in [9.17, 15) is 9.59 Å². The summed E-state index contributed by atoms with van der Waals surface area (Å²) in [6, 6.07) is 7.12. The zero-order valence-corrected chi connectivity index (χ0v) is 17.1. The molecule has 0 N–H and O–H groups in total. The van der Waals surface area contributed by atoms with Gasteiger partial charge in [-0.1, -0.05) is 52.2 Å². The Morgan fingerprint density at radius 1 is 0.964 bits per heavy atom. The summed E-state index contributed by atoms with van der Waals surface area (Å²) < 4.78 is 5.19. The maximum atomic E-state index is 11.9. The van der Waals surface area contributed by atoms with Gasteiger partial charge in [0.1, 0.15) is 6.10 Å². The highest BCUT2D eigenvalue weighted by Gasteiger charge is 2.28. The molecule has 6 heteroatoms. The van der Waals surface area contributed by atoms with Crippen LogP contribution in [0.5, 0.6) is 0 Å². The van der Waals surface area contributed by atoms with Crippen LogP contribution in [0.4, 0.5) is 4.79 Å². The van der Waals surface area contributed by atoms with Crippen LogP contribution in [-0.2, 0) is 26.0 Å². The van der Waals surface area contributed by atoms with Crippen LogP contribution in [0, 0.1) is 11.8 Å². The van der Waals surface area contributed by atoms with Crippen molar-refractivity contribution in [2.24, 2.45) is 11.8 Å². The Bertz CT molecular complexity index is 612. The van der Waals surface area contributed by atoms with Crippen molar-refractivity contribution in [2.75, 3.05) is 0 Å². The smallest absolute Gasteiger partial charge is 0.429 e. The summed E-state index contributed by atoms with van der Waals surface area (Å²) in [6.07, 6.45) is 7.18. The molecule has 0 spiro atoms. The first-order chi connectivity index (χ1) is 13.5. The molecular formula is C22H32O6. The van der Waals surface area contributed by atoms with Crippen molar-refractivity contribution in [3.63, 3.8) is 0 Å². The van der Waals surface area contributed by atoms with Gasteiger partial charge in [0, 0.05) is 0 Å². The van der Waals surface area contributed by atoms with Crippen LogP contribution in [0.3, 0.4) is 0 Å². The van der Waals surface area contributed by atoms with E-state index in [1.54, 1.807) is 12.1 Å². The lowest BCUT2D eigenvalue weighted by Gasteiger charge is -2.30. The summed E-state index contributed by atoms with van der Waals surface area (Å²) in [6.45, 7) is 6.52. The van der Waals surface area contributed by atoms with E-state index in [2.05, 4.69) is 35.6 Å². The second-order valence-electron chi connectivity index (χ2n) is 7.79. The number of rotatable bonds is 9. The van der Waals surface area contributed by atoms with Crippen molar-refractivity contribution < 1.29 is 29.1 Å². The zero-order valence-electron chi connectivity index (χ0n) is 17.1. The summed E-state index contributed by atoms with van der Waals surface area (Å²) in [5.41, 5.74) is 1.49. The minimum Gasteiger partial charge on any atom is -0.429 e. The third-order valence-electron chi connectivity index (χ3n) is 5.53. The maximum Gasteiger partial charge on any atom is 0.543 e. The summed E-state index contributed by atoms with van der Waals surface area (Å²) >= 11 is 0. The maximum absolute atomic E-state index is 11.9. The monoisotopic (exact) mass is 392 g/mol. The van der Waals surface area contributed by atoms with Gasteiger partial charge in [-0.05, 0) is 61.6 Å². The van der Waals surface area contributed by atoms with E-state index in [1.165, 1.54) is 24.8 Å². The predicted molar refractivity (Wildman–Crippen MR) is 104 cm³/mol. The highest BCUT2D eigenvalue weighted by molar-refractivity contribution is 5.88. The van der Waals surface area contributed by atoms with Crippen LogP contribution in [0.15, 0.2) is 24.3 Å². The predicted octanol–water partition coefficient (Wildman–Crippen LogP) is 5.79. The van der Waals surface area contributed by atoms with Gasteiger partial charge >= 0.3 is 12.1 Å². The lowest BCUT2D eigenvalue weighted by atomic mass is 9.80. The SMILES string of the molecule is CCCCCCc1ccc(C(=O)OOOC(=O)OC2CCC(C)C(C)C2)cc1. The third-order valence-corrected chi connectivity index (χ3v) is 5.53. The number of hydrogen-bond acceptors (Lipinski definition) is 6. The first kappa shape index (κ1) is 22.2. The number of carbonyl (C=O) groups is 2. The van der Waals surface area contributed by atoms with E-state index < -0.39 is 12.1 Å². The van der Waals surface area contributed by atoms with Crippen molar-refractivity contribution in [3.05, 3.63) is 35.4 Å². The number of hydrogen-bond donors (Lipinski definition) is 0. The molecular weight excluding hydrogens is 360 g/mol. The van der Waals surface area contributed by atoms with Crippen molar-refractivity contribution in [3.8, 4) is 0 Å².